The van der Waals surface area contributed by atoms with Gasteiger partial charge < -0.3 is 20.1 Å². The van der Waals surface area contributed by atoms with E-state index in [1.165, 1.54) is 4.90 Å². The van der Waals surface area contributed by atoms with Crippen LogP contribution in [0.25, 0.3) is 0 Å². The quantitative estimate of drug-likeness (QED) is 0.443. The molecule has 1 heterocycles. The minimum Gasteiger partial charge on any atom is -0.464 e. The van der Waals surface area contributed by atoms with Crippen molar-refractivity contribution >= 4 is 17.8 Å². The van der Waals surface area contributed by atoms with Crippen LogP contribution in [0.3, 0.4) is 0 Å². The zero-order valence-electron chi connectivity index (χ0n) is 17.4. The van der Waals surface area contributed by atoms with Crippen molar-refractivity contribution in [1.29, 1.82) is 0 Å². The molecule has 0 aromatic heterocycles. The number of rotatable bonds is 10. The van der Waals surface area contributed by atoms with Crippen LogP contribution in [0.15, 0.2) is 0 Å². The number of hydrogen-bond acceptors (Lipinski definition) is 5. The summed E-state index contributed by atoms with van der Waals surface area (Å²) in [5.74, 6) is -1.26. The highest BCUT2D eigenvalue weighted by molar-refractivity contribution is 5.92. The summed E-state index contributed by atoms with van der Waals surface area (Å²) >= 11 is 0. The minimum absolute atomic E-state index is 0.174. The van der Waals surface area contributed by atoms with Gasteiger partial charge in [0, 0.05) is 6.54 Å². The number of esters is 1. The fraction of sp³-hybridized carbons (Fsp3) is 0.850. The SMILES string of the molecule is CCCCOC(=O)[C@@H]1CCCN1C(=O)[C@H](CC(C)C)NC(=O)[C@@H](O)C(C)C. The molecule has 27 heavy (non-hydrogen) atoms. The Morgan fingerprint density at radius 2 is 1.89 bits per heavy atom. The molecule has 7 heteroatoms. The zero-order valence-corrected chi connectivity index (χ0v) is 17.4. The molecule has 2 amide bonds. The number of unbranched alkanes of at least 4 members (excludes halogenated alkanes) is 1. The first-order chi connectivity index (χ1) is 12.7. The summed E-state index contributed by atoms with van der Waals surface area (Å²) in [5.41, 5.74) is 0. The van der Waals surface area contributed by atoms with Gasteiger partial charge in [-0.1, -0.05) is 41.0 Å². The molecule has 0 spiro atoms. The number of carbonyl (C=O) groups excluding carboxylic acids is 3. The zero-order chi connectivity index (χ0) is 20.6. The first kappa shape index (κ1) is 23.4. The molecule has 0 saturated carbocycles. The molecule has 0 radical (unpaired) electrons. The van der Waals surface area contributed by atoms with E-state index in [4.69, 9.17) is 4.74 Å². The number of nitrogens with one attached hydrogen (secondary N) is 1. The third-order valence-electron chi connectivity index (χ3n) is 4.77. The Balaban J connectivity index is 2.83. The second kappa shape index (κ2) is 11.3. The number of aliphatic hydroxyl groups is 1. The van der Waals surface area contributed by atoms with Gasteiger partial charge in [-0.05, 0) is 37.5 Å². The Morgan fingerprint density at radius 1 is 1.22 bits per heavy atom. The van der Waals surface area contributed by atoms with Crippen LogP contribution in [0.1, 0.15) is 66.7 Å². The van der Waals surface area contributed by atoms with E-state index in [2.05, 4.69) is 5.32 Å². The van der Waals surface area contributed by atoms with E-state index in [9.17, 15) is 19.5 Å². The van der Waals surface area contributed by atoms with Gasteiger partial charge in [0.1, 0.15) is 18.2 Å². The summed E-state index contributed by atoms with van der Waals surface area (Å²) in [5, 5.41) is 12.7. The van der Waals surface area contributed by atoms with Gasteiger partial charge in [-0.25, -0.2) is 4.79 Å². The van der Waals surface area contributed by atoms with Crippen molar-refractivity contribution in [3.8, 4) is 0 Å². The van der Waals surface area contributed by atoms with Crippen LogP contribution < -0.4 is 5.32 Å². The van der Waals surface area contributed by atoms with Gasteiger partial charge in [0.15, 0.2) is 0 Å². The molecule has 3 atom stereocenters. The first-order valence-corrected chi connectivity index (χ1v) is 10.1. The molecule has 1 fully saturated rings. The highest BCUT2D eigenvalue weighted by atomic mass is 16.5. The smallest absolute Gasteiger partial charge is 0.328 e. The van der Waals surface area contributed by atoms with Crippen LogP contribution in [0.4, 0.5) is 0 Å². The average Bonchev–Trinajstić information content (AvgIpc) is 3.09. The molecule has 1 saturated heterocycles. The summed E-state index contributed by atoms with van der Waals surface area (Å²) in [7, 11) is 0. The monoisotopic (exact) mass is 384 g/mol. The van der Waals surface area contributed by atoms with E-state index in [0.29, 0.717) is 26.0 Å². The number of likely N-dealkylation sites (tertiary alicyclic amines) is 1. The molecular formula is C20H36N2O5. The Labute approximate surface area is 162 Å². The second-order valence-corrected chi connectivity index (χ2v) is 8.09. The highest BCUT2D eigenvalue weighted by Gasteiger charge is 2.39. The predicted molar refractivity (Wildman–Crippen MR) is 103 cm³/mol. The number of nitrogens with zero attached hydrogens (tertiary/aromatic N) is 1. The predicted octanol–water partition coefficient (Wildman–Crippen LogP) is 1.87. The number of ether oxygens (including phenoxy) is 1. The molecule has 156 valence electrons. The Kier molecular flexibility index (Phi) is 9.77. The molecule has 0 aromatic rings. The minimum atomic E-state index is -1.17. The van der Waals surface area contributed by atoms with Gasteiger partial charge in [0.05, 0.1) is 6.61 Å². The standard InChI is InChI=1S/C20H36N2O5/c1-6-7-11-27-20(26)16-9-8-10-22(16)19(25)15(12-13(2)3)21-18(24)17(23)14(4)5/h13-17,23H,6-12H2,1-5H3,(H,21,24)/t15-,16-,17-/m0/s1. The van der Waals surface area contributed by atoms with Crippen molar-refractivity contribution in [2.45, 2.75) is 84.9 Å². The number of amides is 2. The van der Waals surface area contributed by atoms with Gasteiger partial charge in [0.25, 0.3) is 0 Å². The van der Waals surface area contributed by atoms with E-state index >= 15 is 0 Å². The lowest BCUT2D eigenvalue weighted by atomic mass is 10.0. The van der Waals surface area contributed by atoms with Crippen LogP contribution in [0.5, 0.6) is 0 Å². The number of carbonyl (C=O) groups is 3. The van der Waals surface area contributed by atoms with E-state index in [0.717, 1.165) is 19.3 Å². The summed E-state index contributed by atoms with van der Waals surface area (Å²) < 4.78 is 5.30. The van der Waals surface area contributed by atoms with E-state index < -0.39 is 24.1 Å². The lowest BCUT2D eigenvalue weighted by Crippen LogP contribution is -2.54. The molecule has 1 aliphatic heterocycles. The Morgan fingerprint density at radius 3 is 2.44 bits per heavy atom. The summed E-state index contributed by atoms with van der Waals surface area (Å²) in [6.45, 7) is 10.3. The molecule has 2 N–H and O–H groups in total. The maximum absolute atomic E-state index is 13.1. The number of aliphatic hydroxyl groups excluding tert-OH is 1. The summed E-state index contributed by atoms with van der Waals surface area (Å²) in [4.78, 5) is 39.2. The third kappa shape index (κ3) is 7.13. The molecule has 7 nitrogen and oxygen atoms in total. The van der Waals surface area contributed by atoms with Crippen molar-refractivity contribution in [3.63, 3.8) is 0 Å². The molecular weight excluding hydrogens is 348 g/mol. The topological polar surface area (TPSA) is 95.9 Å². The van der Waals surface area contributed by atoms with Crippen LogP contribution in [0.2, 0.25) is 0 Å². The van der Waals surface area contributed by atoms with Crippen LogP contribution >= 0.6 is 0 Å². The molecule has 0 aliphatic carbocycles. The maximum atomic E-state index is 13.1. The largest absolute Gasteiger partial charge is 0.464 e. The number of hydrogen-bond donors (Lipinski definition) is 2. The van der Waals surface area contributed by atoms with Gasteiger partial charge in [-0.15, -0.1) is 0 Å². The molecule has 1 rings (SSSR count). The average molecular weight is 385 g/mol. The van der Waals surface area contributed by atoms with Crippen LogP contribution in [-0.4, -0.2) is 59.1 Å². The lowest BCUT2D eigenvalue weighted by Gasteiger charge is -2.30. The first-order valence-electron chi connectivity index (χ1n) is 10.1. The van der Waals surface area contributed by atoms with Crippen molar-refractivity contribution in [1.82, 2.24) is 10.2 Å². The second-order valence-electron chi connectivity index (χ2n) is 8.09. The highest BCUT2D eigenvalue weighted by Crippen LogP contribution is 2.21. The van der Waals surface area contributed by atoms with E-state index in [1.807, 2.05) is 20.8 Å². The fourth-order valence-electron chi connectivity index (χ4n) is 3.14. The maximum Gasteiger partial charge on any atom is 0.328 e. The van der Waals surface area contributed by atoms with Crippen LogP contribution in [-0.2, 0) is 19.1 Å². The Hall–Kier alpha value is -1.63. The van der Waals surface area contributed by atoms with E-state index in [1.54, 1.807) is 13.8 Å². The molecule has 0 unspecified atom stereocenters. The fourth-order valence-corrected chi connectivity index (χ4v) is 3.14. The van der Waals surface area contributed by atoms with Gasteiger partial charge in [0.2, 0.25) is 11.8 Å². The summed E-state index contributed by atoms with van der Waals surface area (Å²) in [6, 6.07) is -1.34. The van der Waals surface area contributed by atoms with Crippen molar-refractivity contribution in [2.24, 2.45) is 11.8 Å². The van der Waals surface area contributed by atoms with Gasteiger partial charge in [-0.2, -0.15) is 0 Å². The summed E-state index contributed by atoms with van der Waals surface area (Å²) in [6.07, 6.45) is 2.32. The van der Waals surface area contributed by atoms with Crippen molar-refractivity contribution in [3.05, 3.63) is 0 Å². The van der Waals surface area contributed by atoms with Gasteiger partial charge in [-0.3, -0.25) is 9.59 Å². The molecule has 0 aromatic carbocycles. The third-order valence-corrected chi connectivity index (χ3v) is 4.77. The molecule has 0 bridgehead atoms. The Bertz CT molecular complexity index is 507. The van der Waals surface area contributed by atoms with Crippen LogP contribution in [0, 0.1) is 11.8 Å². The van der Waals surface area contributed by atoms with E-state index in [-0.39, 0.29) is 23.7 Å². The molecule has 1 aliphatic rings. The van der Waals surface area contributed by atoms with Gasteiger partial charge >= 0.3 is 5.97 Å². The van der Waals surface area contributed by atoms with Crippen molar-refractivity contribution < 1.29 is 24.2 Å². The normalized spacial score (nSPS) is 19.3. The van der Waals surface area contributed by atoms with Crippen molar-refractivity contribution in [2.75, 3.05) is 13.2 Å². The lowest BCUT2D eigenvalue weighted by molar-refractivity contribution is -0.154.